The maximum Gasteiger partial charge on any atom is 0.433 e. The molecule has 1 aromatic rings. The zero-order valence-corrected chi connectivity index (χ0v) is 10.4. The highest BCUT2D eigenvalue weighted by Gasteiger charge is 2.40. The molecule has 3 nitrogen and oxygen atoms in total. The highest BCUT2D eigenvalue weighted by Crippen LogP contribution is 2.38. The first-order chi connectivity index (χ1) is 8.95. The second-order valence-electron chi connectivity index (χ2n) is 5.48. The monoisotopic (exact) mass is 271 g/mol. The third-order valence-electron chi connectivity index (χ3n) is 4.31. The van der Waals surface area contributed by atoms with E-state index in [0.717, 1.165) is 32.0 Å². The van der Waals surface area contributed by atoms with Gasteiger partial charge in [-0.1, -0.05) is 0 Å². The minimum absolute atomic E-state index is 0.208. The Balaban J connectivity index is 1.84. The molecule has 0 amide bonds. The lowest BCUT2D eigenvalue weighted by molar-refractivity contribution is -0.141. The van der Waals surface area contributed by atoms with Gasteiger partial charge >= 0.3 is 6.18 Å². The van der Waals surface area contributed by atoms with Crippen LogP contribution in [0.4, 0.5) is 18.9 Å². The van der Waals surface area contributed by atoms with Crippen LogP contribution in [0.25, 0.3) is 0 Å². The number of anilines is 1. The van der Waals surface area contributed by atoms with Gasteiger partial charge in [0.1, 0.15) is 5.69 Å². The van der Waals surface area contributed by atoms with Crippen LogP contribution in [0.5, 0.6) is 0 Å². The Morgan fingerprint density at radius 2 is 1.84 bits per heavy atom. The molecule has 2 fully saturated rings. The molecule has 1 aromatic heterocycles. The van der Waals surface area contributed by atoms with E-state index in [9.17, 15) is 13.2 Å². The highest BCUT2D eigenvalue weighted by atomic mass is 19.4. The first-order valence-electron chi connectivity index (χ1n) is 6.49. The van der Waals surface area contributed by atoms with Crippen LogP contribution in [0.3, 0.4) is 0 Å². The van der Waals surface area contributed by atoms with E-state index in [1.165, 1.54) is 6.20 Å². The summed E-state index contributed by atoms with van der Waals surface area (Å²) in [6.07, 6.45) is -0.991. The second kappa shape index (κ2) is 4.37. The first-order valence-corrected chi connectivity index (χ1v) is 6.49. The van der Waals surface area contributed by atoms with E-state index in [1.54, 1.807) is 6.07 Å². The van der Waals surface area contributed by atoms with Gasteiger partial charge < -0.3 is 10.6 Å². The molecule has 1 aliphatic carbocycles. The van der Waals surface area contributed by atoms with Crippen LogP contribution in [-0.4, -0.2) is 24.1 Å². The number of hydrogen-bond donors (Lipinski definition) is 1. The van der Waals surface area contributed by atoms with Crippen LogP contribution in [0.15, 0.2) is 18.3 Å². The van der Waals surface area contributed by atoms with Crippen molar-refractivity contribution in [2.24, 2.45) is 17.6 Å². The molecule has 1 aliphatic heterocycles. The van der Waals surface area contributed by atoms with E-state index in [4.69, 9.17) is 5.73 Å². The predicted molar refractivity (Wildman–Crippen MR) is 65.6 cm³/mol. The topological polar surface area (TPSA) is 42.1 Å². The molecule has 0 aromatic carbocycles. The van der Waals surface area contributed by atoms with Gasteiger partial charge in [-0.3, -0.25) is 4.98 Å². The summed E-state index contributed by atoms with van der Waals surface area (Å²) >= 11 is 0. The molecule has 1 saturated heterocycles. The molecule has 3 atom stereocenters. The Kier molecular flexibility index (Phi) is 2.92. The van der Waals surface area contributed by atoms with Gasteiger partial charge in [-0.25, -0.2) is 0 Å². The Morgan fingerprint density at radius 1 is 1.21 bits per heavy atom. The average Bonchev–Trinajstić information content (AvgIpc) is 2.61. The van der Waals surface area contributed by atoms with Gasteiger partial charge in [0.05, 0.1) is 0 Å². The fraction of sp³-hybridized carbons (Fsp3) is 0.615. The Hall–Kier alpha value is -1.30. The quantitative estimate of drug-likeness (QED) is 0.852. The molecule has 1 unspecified atom stereocenters. The van der Waals surface area contributed by atoms with Crippen molar-refractivity contribution in [1.29, 1.82) is 0 Å². The van der Waals surface area contributed by atoms with E-state index < -0.39 is 11.9 Å². The molecule has 2 N–H and O–H groups in total. The lowest BCUT2D eigenvalue weighted by Gasteiger charge is -2.37. The van der Waals surface area contributed by atoms with E-state index in [2.05, 4.69) is 4.98 Å². The predicted octanol–water partition coefficient (Wildman–Crippen LogP) is 2.27. The smallest absolute Gasteiger partial charge is 0.371 e. The fourth-order valence-corrected chi connectivity index (χ4v) is 3.25. The van der Waals surface area contributed by atoms with Gasteiger partial charge in [0.25, 0.3) is 0 Å². The molecule has 3 rings (SSSR count). The number of halogens is 3. The summed E-state index contributed by atoms with van der Waals surface area (Å²) < 4.78 is 38.0. The minimum atomic E-state index is -4.39. The number of pyridine rings is 1. The van der Waals surface area contributed by atoms with Crippen molar-refractivity contribution in [3.8, 4) is 0 Å². The van der Waals surface area contributed by atoms with Gasteiger partial charge in [0.2, 0.25) is 0 Å². The van der Waals surface area contributed by atoms with Crippen molar-refractivity contribution in [3.63, 3.8) is 0 Å². The Labute approximate surface area is 109 Å². The van der Waals surface area contributed by atoms with E-state index in [0.29, 0.717) is 17.5 Å². The van der Waals surface area contributed by atoms with Crippen molar-refractivity contribution in [3.05, 3.63) is 24.0 Å². The number of nitrogens with two attached hydrogens (primary N) is 1. The molecule has 2 aliphatic rings. The van der Waals surface area contributed by atoms with Gasteiger partial charge in [0.15, 0.2) is 0 Å². The Morgan fingerprint density at radius 3 is 2.42 bits per heavy atom. The normalized spacial score (nSPS) is 30.7. The number of rotatable bonds is 1. The molecule has 2 bridgehead atoms. The Bertz CT molecular complexity index is 460. The van der Waals surface area contributed by atoms with Gasteiger partial charge in [-0.15, -0.1) is 0 Å². The van der Waals surface area contributed by atoms with Crippen molar-refractivity contribution in [2.75, 3.05) is 18.0 Å². The van der Waals surface area contributed by atoms with Crippen molar-refractivity contribution < 1.29 is 13.2 Å². The number of aromatic nitrogens is 1. The van der Waals surface area contributed by atoms with Crippen LogP contribution in [-0.2, 0) is 6.18 Å². The lowest BCUT2D eigenvalue weighted by Crippen LogP contribution is -2.48. The number of fused-ring (bicyclic) bond motifs is 2. The molecule has 6 heteroatoms. The molecule has 0 radical (unpaired) electrons. The summed E-state index contributed by atoms with van der Waals surface area (Å²) in [5.41, 5.74) is 5.88. The summed E-state index contributed by atoms with van der Waals surface area (Å²) in [5.74, 6) is 0.808. The standard InChI is InChI=1S/C13H16F3N3/c14-13(15,16)11-5-10(3-4-18-11)19-6-8-1-2-9(7-19)12(8)17/h3-5,8-9,12H,1-2,6-7,17H2/t8-,9+,12?. The van der Waals surface area contributed by atoms with Crippen LogP contribution in [0, 0.1) is 11.8 Å². The fourth-order valence-electron chi connectivity index (χ4n) is 3.25. The van der Waals surface area contributed by atoms with Gasteiger partial charge in [0, 0.05) is 31.0 Å². The average molecular weight is 271 g/mol. The van der Waals surface area contributed by atoms with E-state index in [1.807, 2.05) is 4.90 Å². The molecular formula is C13H16F3N3. The molecule has 19 heavy (non-hydrogen) atoms. The van der Waals surface area contributed by atoms with E-state index >= 15 is 0 Å². The SMILES string of the molecule is NC1[C@@H]2CC[C@H]1CN(c1ccnc(C(F)(F)F)c1)C2. The maximum absolute atomic E-state index is 12.7. The van der Waals surface area contributed by atoms with Crippen LogP contribution >= 0.6 is 0 Å². The zero-order valence-electron chi connectivity index (χ0n) is 10.4. The van der Waals surface area contributed by atoms with Crippen molar-refractivity contribution in [1.82, 2.24) is 4.98 Å². The maximum atomic E-state index is 12.7. The van der Waals surface area contributed by atoms with Crippen LogP contribution in [0.1, 0.15) is 18.5 Å². The largest absolute Gasteiger partial charge is 0.433 e. The number of hydrogen-bond acceptors (Lipinski definition) is 3. The third kappa shape index (κ3) is 2.29. The summed E-state index contributed by atoms with van der Waals surface area (Å²) in [4.78, 5) is 5.41. The summed E-state index contributed by atoms with van der Waals surface area (Å²) in [6.45, 7) is 1.50. The molecule has 1 saturated carbocycles. The van der Waals surface area contributed by atoms with Crippen molar-refractivity contribution in [2.45, 2.75) is 25.1 Å². The highest BCUT2D eigenvalue weighted by molar-refractivity contribution is 5.48. The zero-order chi connectivity index (χ0) is 13.6. The van der Waals surface area contributed by atoms with Crippen molar-refractivity contribution >= 4 is 5.69 Å². The molecule has 104 valence electrons. The number of piperidine rings is 1. The number of nitrogens with zero attached hydrogens (tertiary/aromatic N) is 2. The van der Waals surface area contributed by atoms with E-state index in [-0.39, 0.29) is 6.04 Å². The minimum Gasteiger partial charge on any atom is -0.371 e. The molecular weight excluding hydrogens is 255 g/mol. The van der Waals surface area contributed by atoms with Gasteiger partial charge in [-0.2, -0.15) is 13.2 Å². The van der Waals surface area contributed by atoms with Crippen LogP contribution < -0.4 is 10.6 Å². The molecule has 2 heterocycles. The summed E-state index contributed by atoms with van der Waals surface area (Å²) in [7, 11) is 0. The van der Waals surface area contributed by atoms with Gasteiger partial charge in [-0.05, 0) is 36.8 Å². The second-order valence-corrected chi connectivity index (χ2v) is 5.48. The summed E-state index contributed by atoms with van der Waals surface area (Å²) in [5, 5.41) is 0. The lowest BCUT2D eigenvalue weighted by atomic mass is 9.93. The number of alkyl halides is 3. The molecule has 0 spiro atoms. The summed E-state index contributed by atoms with van der Waals surface area (Å²) in [6, 6.07) is 2.99. The van der Waals surface area contributed by atoms with Crippen LogP contribution in [0.2, 0.25) is 0 Å². The third-order valence-corrected chi connectivity index (χ3v) is 4.31. The first kappa shape index (κ1) is 12.7.